The van der Waals surface area contributed by atoms with Crippen LogP contribution >= 0.6 is 0 Å². The molecule has 2 fully saturated rings. The maximum atomic E-state index is 12.6. The van der Waals surface area contributed by atoms with Crippen molar-refractivity contribution in [3.8, 4) is 0 Å². The summed E-state index contributed by atoms with van der Waals surface area (Å²) < 4.78 is 31.9. The van der Waals surface area contributed by atoms with E-state index in [2.05, 4.69) is 18.7 Å². The molecular formula is C18H28N2O3S. The van der Waals surface area contributed by atoms with Gasteiger partial charge in [0.1, 0.15) is 0 Å². The van der Waals surface area contributed by atoms with E-state index in [-0.39, 0.29) is 0 Å². The summed E-state index contributed by atoms with van der Waals surface area (Å²) in [6, 6.07) is 7.38. The van der Waals surface area contributed by atoms with Crippen LogP contribution in [-0.4, -0.2) is 57.0 Å². The highest BCUT2D eigenvalue weighted by atomic mass is 32.2. The molecule has 0 bridgehead atoms. The maximum absolute atomic E-state index is 12.6. The van der Waals surface area contributed by atoms with Gasteiger partial charge in [0, 0.05) is 32.7 Å². The standard InChI is InChI=1S/C18H28N2O3S/c1-15(2)11-17-13-19(14-17)12-16-3-5-18(6-4-16)24(21,22)20-7-9-23-10-8-20/h3-6,15,17H,7-14H2,1-2H3. The summed E-state index contributed by atoms with van der Waals surface area (Å²) in [5, 5.41) is 0. The van der Waals surface area contributed by atoms with Gasteiger partial charge in [-0.15, -0.1) is 0 Å². The van der Waals surface area contributed by atoms with E-state index >= 15 is 0 Å². The van der Waals surface area contributed by atoms with Crippen LogP contribution in [0.15, 0.2) is 29.2 Å². The summed E-state index contributed by atoms with van der Waals surface area (Å²) in [5.74, 6) is 1.59. The van der Waals surface area contributed by atoms with Gasteiger partial charge in [0.2, 0.25) is 10.0 Å². The average Bonchev–Trinajstić information content (AvgIpc) is 2.54. The molecule has 2 heterocycles. The molecule has 0 aliphatic carbocycles. The smallest absolute Gasteiger partial charge is 0.243 e. The Morgan fingerprint density at radius 2 is 1.75 bits per heavy atom. The van der Waals surface area contributed by atoms with Gasteiger partial charge in [-0.25, -0.2) is 8.42 Å². The third kappa shape index (κ3) is 4.17. The lowest BCUT2D eigenvalue weighted by Crippen LogP contribution is -2.46. The van der Waals surface area contributed by atoms with Gasteiger partial charge >= 0.3 is 0 Å². The number of hydrogen-bond donors (Lipinski definition) is 0. The fourth-order valence-electron chi connectivity index (χ4n) is 3.58. The van der Waals surface area contributed by atoms with Gasteiger partial charge in [-0.05, 0) is 36.0 Å². The van der Waals surface area contributed by atoms with E-state index in [9.17, 15) is 8.42 Å². The minimum absolute atomic E-state index is 0.384. The van der Waals surface area contributed by atoms with Crippen LogP contribution in [0.1, 0.15) is 25.8 Å². The topological polar surface area (TPSA) is 49.9 Å². The van der Waals surface area contributed by atoms with Gasteiger partial charge in [-0.1, -0.05) is 26.0 Å². The van der Waals surface area contributed by atoms with Crippen molar-refractivity contribution in [1.29, 1.82) is 0 Å². The van der Waals surface area contributed by atoms with Crippen LogP contribution in [0.25, 0.3) is 0 Å². The molecule has 1 aromatic rings. The van der Waals surface area contributed by atoms with Gasteiger partial charge in [0.15, 0.2) is 0 Å². The average molecular weight is 353 g/mol. The number of nitrogens with zero attached hydrogens (tertiary/aromatic N) is 2. The lowest BCUT2D eigenvalue weighted by atomic mass is 9.90. The SMILES string of the molecule is CC(C)CC1CN(Cc2ccc(S(=O)(=O)N3CCOCC3)cc2)C1. The predicted octanol–water partition coefficient (Wildman–Crippen LogP) is 2.19. The fraction of sp³-hybridized carbons (Fsp3) is 0.667. The first-order valence-electron chi connectivity index (χ1n) is 8.84. The van der Waals surface area contributed by atoms with E-state index < -0.39 is 10.0 Å². The Morgan fingerprint density at radius 1 is 1.12 bits per heavy atom. The summed E-state index contributed by atoms with van der Waals surface area (Å²) in [4.78, 5) is 2.81. The quantitative estimate of drug-likeness (QED) is 0.787. The van der Waals surface area contributed by atoms with Crippen molar-refractivity contribution in [3.63, 3.8) is 0 Å². The normalized spacial score (nSPS) is 21.1. The Kier molecular flexibility index (Phi) is 5.59. The third-order valence-electron chi connectivity index (χ3n) is 4.77. The lowest BCUT2D eigenvalue weighted by molar-refractivity contribution is 0.0730. The number of hydrogen-bond acceptors (Lipinski definition) is 4. The molecule has 0 radical (unpaired) electrons. The first kappa shape index (κ1) is 17.9. The Balaban J connectivity index is 1.56. The predicted molar refractivity (Wildman–Crippen MR) is 94.2 cm³/mol. The monoisotopic (exact) mass is 352 g/mol. The Hall–Kier alpha value is -0.950. The zero-order valence-electron chi connectivity index (χ0n) is 14.6. The molecule has 3 rings (SSSR count). The van der Waals surface area contributed by atoms with Crippen LogP contribution < -0.4 is 0 Å². The number of rotatable bonds is 6. The van der Waals surface area contributed by atoms with Crippen molar-refractivity contribution < 1.29 is 13.2 Å². The molecule has 0 aromatic heterocycles. The number of ether oxygens (including phenoxy) is 1. The number of likely N-dealkylation sites (tertiary alicyclic amines) is 1. The van der Waals surface area contributed by atoms with E-state index in [1.807, 2.05) is 12.1 Å². The minimum atomic E-state index is -3.38. The van der Waals surface area contributed by atoms with Crippen molar-refractivity contribution in [2.75, 3.05) is 39.4 Å². The van der Waals surface area contributed by atoms with Crippen LogP contribution in [0.5, 0.6) is 0 Å². The van der Waals surface area contributed by atoms with E-state index in [1.54, 1.807) is 12.1 Å². The molecule has 2 saturated heterocycles. The van der Waals surface area contributed by atoms with Crippen molar-refractivity contribution in [2.45, 2.75) is 31.7 Å². The molecule has 0 atom stereocenters. The van der Waals surface area contributed by atoms with Gasteiger partial charge in [0.05, 0.1) is 18.1 Å². The molecule has 5 nitrogen and oxygen atoms in total. The molecule has 0 unspecified atom stereocenters. The van der Waals surface area contributed by atoms with Crippen LogP contribution in [0.2, 0.25) is 0 Å². The molecule has 0 N–H and O–H groups in total. The molecule has 134 valence electrons. The third-order valence-corrected chi connectivity index (χ3v) is 6.69. The number of benzene rings is 1. The maximum Gasteiger partial charge on any atom is 0.243 e. The fourth-order valence-corrected chi connectivity index (χ4v) is 4.99. The van der Waals surface area contributed by atoms with Crippen molar-refractivity contribution in [2.24, 2.45) is 11.8 Å². The van der Waals surface area contributed by atoms with Crippen LogP contribution in [0, 0.1) is 11.8 Å². The molecule has 0 amide bonds. The highest BCUT2D eigenvalue weighted by Gasteiger charge is 2.28. The summed E-state index contributed by atoms with van der Waals surface area (Å²) >= 11 is 0. The molecular weight excluding hydrogens is 324 g/mol. The first-order chi connectivity index (χ1) is 11.4. The Morgan fingerprint density at radius 3 is 2.33 bits per heavy atom. The van der Waals surface area contributed by atoms with Crippen LogP contribution in [-0.2, 0) is 21.3 Å². The molecule has 0 spiro atoms. The van der Waals surface area contributed by atoms with Crippen molar-refractivity contribution >= 4 is 10.0 Å². The zero-order chi connectivity index (χ0) is 17.2. The second-order valence-electron chi connectivity index (χ2n) is 7.35. The highest BCUT2D eigenvalue weighted by molar-refractivity contribution is 7.89. The summed E-state index contributed by atoms with van der Waals surface area (Å²) in [5.41, 5.74) is 1.18. The van der Waals surface area contributed by atoms with E-state index in [0.29, 0.717) is 31.2 Å². The van der Waals surface area contributed by atoms with Gasteiger partial charge in [-0.2, -0.15) is 4.31 Å². The van der Waals surface area contributed by atoms with Crippen LogP contribution in [0.4, 0.5) is 0 Å². The second-order valence-corrected chi connectivity index (χ2v) is 9.29. The van der Waals surface area contributed by atoms with E-state index in [4.69, 9.17) is 4.74 Å². The summed E-state index contributed by atoms with van der Waals surface area (Å²) in [6.45, 7) is 9.61. The molecule has 0 saturated carbocycles. The number of sulfonamides is 1. The lowest BCUT2D eigenvalue weighted by Gasteiger charge is -2.40. The summed E-state index contributed by atoms with van der Waals surface area (Å²) in [6.07, 6.45) is 1.30. The van der Waals surface area contributed by atoms with Gasteiger partial charge in [-0.3, -0.25) is 4.90 Å². The second kappa shape index (κ2) is 7.52. The van der Waals surface area contributed by atoms with Crippen LogP contribution in [0.3, 0.4) is 0 Å². The molecule has 6 heteroatoms. The van der Waals surface area contributed by atoms with Gasteiger partial charge < -0.3 is 4.74 Å². The zero-order valence-corrected chi connectivity index (χ0v) is 15.5. The van der Waals surface area contributed by atoms with Crippen molar-refractivity contribution in [1.82, 2.24) is 9.21 Å². The van der Waals surface area contributed by atoms with E-state index in [1.165, 1.54) is 16.3 Å². The minimum Gasteiger partial charge on any atom is -0.379 e. The van der Waals surface area contributed by atoms with Gasteiger partial charge in [0.25, 0.3) is 0 Å². The van der Waals surface area contributed by atoms with Crippen molar-refractivity contribution in [3.05, 3.63) is 29.8 Å². The molecule has 2 aliphatic rings. The molecule has 1 aromatic carbocycles. The highest BCUT2D eigenvalue weighted by Crippen LogP contribution is 2.25. The summed E-state index contributed by atoms with van der Waals surface area (Å²) in [7, 11) is -3.38. The number of morpholine rings is 1. The Labute approximate surface area is 145 Å². The largest absolute Gasteiger partial charge is 0.379 e. The Bertz CT molecular complexity index is 631. The first-order valence-corrected chi connectivity index (χ1v) is 10.3. The molecule has 2 aliphatic heterocycles. The van der Waals surface area contributed by atoms with E-state index in [0.717, 1.165) is 31.5 Å². The molecule has 24 heavy (non-hydrogen) atoms.